The Morgan fingerprint density at radius 1 is 1.19 bits per heavy atom. The van der Waals surface area contributed by atoms with Gasteiger partial charge in [0.05, 0.1) is 6.61 Å². The lowest BCUT2D eigenvalue weighted by atomic mass is 10.3. The zero-order chi connectivity index (χ0) is 12.2. The fourth-order valence-electron chi connectivity index (χ4n) is 1.61. The van der Waals surface area contributed by atoms with E-state index >= 15 is 0 Å². The highest BCUT2D eigenvalue weighted by molar-refractivity contribution is 7.86. The molecule has 1 heterocycles. The van der Waals surface area contributed by atoms with Crippen LogP contribution in [0, 0.1) is 0 Å². The van der Waals surface area contributed by atoms with Gasteiger partial charge in [0, 0.05) is 32.7 Å². The monoisotopic (exact) mass is 252 g/mol. The van der Waals surface area contributed by atoms with Gasteiger partial charge in [0.1, 0.15) is 0 Å². The molecule has 1 aliphatic rings. The molecule has 7 nitrogen and oxygen atoms in total. The van der Waals surface area contributed by atoms with Gasteiger partial charge in [0.25, 0.3) is 10.1 Å². The molecule has 1 amide bonds. The summed E-state index contributed by atoms with van der Waals surface area (Å²) in [6.07, 6.45) is 0. The average Bonchev–Trinajstić information content (AvgIpc) is 2.16. The first-order valence-corrected chi connectivity index (χ1v) is 6.59. The summed E-state index contributed by atoms with van der Waals surface area (Å²) in [5.74, 6) is -1.43. The maximum Gasteiger partial charge on any atom is 0.274 e. The van der Waals surface area contributed by atoms with E-state index in [9.17, 15) is 13.2 Å². The zero-order valence-corrected chi connectivity index (χ0v) is 9.69. The maximum absolute atomic E-state index is 11.4. The molecule has 0 atom stereocenters. The molecule has 0 saturated carbocycles. The molecule has 0 unspecified atom stereocenters. The summed E-state index contributed by atoms with van der Waals surface area (Å²) >= 11 is 0. The van der Waals surface area contributed by atoms with Gasteiger partial charge in [0.2, 0.25) is 5.91 Å². The molecule has 0 aliphatic carbocycles. The van der Waals surface area contributed by atoms with Crippen molar-refractivity contribution in [2.75, 3.05) is 45.1 Å². The Morgan fingerprint density at radius 3 is 2.19 bits per heavy atom. The first-order valence-electron chi connectivity index (χ1n) is 4.98. The largest absolute Gasteiger partial charge is 0.395 e. The van der Waals surface area contributed by atoms with Crippen molar-refractivity contribution in [3.8, 4) is 0 Å². The summed E-state index contributed by atoms with van der Waals surface area (Å²) in [6.45, 7) is 2.69. The first kappa shape index (κ1) is 13.4. The molecule has 1 saturated heterocycles. The van der Waals surface area contributed by atoms with Gasteiger partial charge in [-0.15, -0.1) is 0 Å². The molecule has 0 radical (unpaired) electrons. The summed E-state index contributed by atoms with van der Waals surface area (Å²) in [4.78, 5) is 14.8. The third-order valence-electron chi connectivity index (χ3n) is 2.45. The second kappa shape index (κ2) is 5.58. The third kappa shape index (κ3) is 4.44. The molecule has 0 aromatic carbocycles. The minimum Gasteiger partial charge on any atom is -0.395 e. The van der Waals surface area contributed by atoms with Gasteiger partial charge >= 0.3 is 0 Å². The van der Waals surface area contributed by atoms with Crippen molar-refractivity contribution in [3.63, 3.8) is 0 Å². The smallest absolute Gasteiger partial charge is 0.274 e. The normalized spacial score (nSPS) is 18.8. The number of amides is 1. The fourth-order valence-corrected chi connectivity index (χ4v) is 2.10. The molecule has 16 heavy (non-hydrogen) atoms. The van der Waals surface area contributed by atoms with E-state index in [-0.39, 0.29) is 6.61 Å². The van der Waals surface area contributed by atoms with Crippen molar-refractivity contribution in [1.82, 2.24) is 9.80 Å². The standard InChI is InChI=1S/C8H16N2O5S/c11-6-5-9-1-3-10(4-2-9)8(12)7-16(13,14)15/h11H,1-7H2,(H,13,14,15). The molecule has 0 aromatic heterocycles. The number of nitrogens with zero attached hydrogens (tertiary/aromatic N) is 2. The average molecular weight is 252 g/mol. The quantitative estimate of drug-likeness (QED) is 0.562. The number of carbonyl (C=O) groups is 1. The van der Waals surface area contributed by atoms with Crippen LogP contribution in [0.5, 0.6) is 0 Å². The van der Waals surface area contributed by atoms with Crippen LogP contribution in [0.4, 0.5) is 0 Å². The number of hydrogen-bond donors (Lipinski definition) is 2. The van der Waals surface area contributed by atoms with Gasteiger partial charge in [-0.2, -0.15) is 8.42 Å². The Bertz CT molecular complexity index is 334. The summed E-state index contributed by atoms with van der Waals surface area (Å²) in [5.41, 5.74) is 0. The first-order chi connectivity index (χ1) is 7.42. The number of β-amino-alcohol motifs (C(OH)–C–C–N with tert-alkyl or cyclic N) is 1. The molecular weight excluding hydrogens is 236 g/mol. The summed E-state index contributed by atoms with van der Waals surface area (Å²) in [6, 6.07) is 0. The SMILES string of the molecule is O=C(CS(=O)(=O)O)N1CCN(CCO)CC1. The zero-order valence-electron chi connectivity index (χ0n) is 8.87. The highest BCUT2D eigenvalue weighted by Gasteiger charge is 2.23. The Labute approximate surface area is 94.4 Å². The van der Waals surface area contributed by atoms with E-state index in [2.05, 4.69) is 0 Å². The van der Waals surface area contributed by atoms with E-state index in [1.807, 2.05) is 4.90 Å². The molecule has 0 spiro atoms. The van der Waals surface area contributed by atoms with Crippen molar-refractivity contribution in [2.24, 2.45) is 0 Å². The number of aliphatic hydroxyl groups is 1. The second-order valence-corrected chi connectivity index (χ2v) is 5.12. The maximum atomic E-state index is 11.4. The van der Waals surface area contributed by atoms with Crippen LogP contribution in [0.25, 0.3) is 0 Å². The van der Waals surface area contributed by atoms with Crippen LogP contribution in [0.3, 0.4) is 0 Å². The van der Waals surface area contributed by atoms with E-state index in [0.717, 1.165) is 0 Å². The number of piperazine rings is 1. The highest BCUT2D eigenvalue weighted by atomic mass is 32.2. The Hall–Kier alpha value is -0.700. The van der Waals surface area contributed by atoms with Crippen LogP contribution in [0.2, 0.25) is 0 Å². The minimum atomic E-state index is -4.24. The predicted octanol–water partition coefficient (Wildman–Crippen LogP) is -1.99. The van der Waals surface area contributed by atoms with Gasteiger partial charge in [-0.1, -0.05) is 0 Å². The lowest BCUT2D eigenvalue weighted by Crippen LogP contribution is -2.50. The van der Waals surface area contributed by atoms with Crippen LogP contribution in [-0.4, -0.2) is 78.9 Å². The molecule has 94 valence electrons. The van der Waals surface area contributed by atoms with Gasteiger partial charge in [-0.05, 0) is 0 Å². The van der Waals surface area contributed by atoms with Crippen molar-refractivity contribution in [3.05, 3.63) is 0 Å². The number of hydrogen-bond acceptors (Lipinski definition) is 5. The van der Waals surface area contributed by atoms with Crippen molar-refractivity contribution >= 4 is 16.0 Å². The number of aliphatic hydroxyl groups excluding tert-OH is 1. The fraction of sp³-hybridized carbons (Fsp3) is 0.875. The van der Waals surface area contributed by atoms with Crippen LogP contribution in [-0.2, 0) is 14.9 Å². The van der Waals surface area contributed by atoms with Gasteiger partial charge < -0.3 is 10.0 Å². The molecule has 1 aliphatic heterocycles. The third-order valence-corrected chi connectivity index (χ3v) is 3.06. The van der Waals surface area contributed by atoms with Crippen LogP contribution < -0.4 is 0 Å². The Balaban J connectivity index is 2.39. The van der Waals surface area contributed by atoms with Crippen molar-refractivity contribution in [2.45, 2.75) is 0 Å². The van der Waals surface area contributed by atoms with E-state index in [0.29, 0.717) is 32.7 Å². The Morgan fingerprint density at radius 2 is 1.75 bits per heavy atom. The van der Waals surface area contributed by atoms with Crippen LogP contribution in [0.15, 0.2) is 0 Å². The molecule has 1 rings (SSSR count). The molecule has 1 fully saturated rings. The second-order valence-electron chi connectivity index (χ2n) is 3.67. The predicted molar refractivity (Wildman–Crippen MR) is 56.5 cm³/mol. The van der Waals surface area contributed by atoms with Crippen molar-refractivity contribution < 1.29 is 22.9 Å². The summed E-state index contributed by atoms with van der Waals surface area (Å²) < 4.78 is 29.6. The lowest BCUT2D eigenvalue weighted by Gasteiger charge is -2.34. The van der Waals surface area contributed by atoms with Crippen molar-refractivity contribution in [1.29, 1.82) is 0 Å². The van der Waals surface area contributed by atoms with E-state index in [4.69, 9.17) is 9.66 Å². The number of rotatable bonds is 4. The molecule has 2 N–H and O–H groups in total. The van der Waals surface area contributed by atoms with Gasteiger partial charge in [-0.25, -0.2) is 0 Å². The van der Waals surface area contributed by atoms with Gasteiger partial charge in [0.15, 0.2) is 5.75 Å². The summed E-state index contributed by atoms with van der Waals surface area (Å²) in [5, 5.41) is 8.71. The number of carbonyl (C=O) groups excluding carboxylic acids is 1. The van der Waals surface area contributed by atoms with E-state index in [1.54, 1.807) is 0 Å². The molecule has 0 bridgehead atoms. The van der Waals surface area contributed by atoms with Crippen LogP contribution in [0.1, 0.15) is 0 Å². The van der Waals surface area contributed by atoms with Gasteiger partial charge in [-0.3, -0.25) is 14.2 Å². The van der Waals surface area contributed by atoms with E-state index in [1.165, 1.54) is 4.90 Å². The lowest BCUT2D eigenvalue weighted by molar-refractivity contribution is -0.130. The molecular formula is C8H16N2O5S. The van der Waals surface area contributed by atoms with E-state index < -0.39 is 21.8 Å². The van der Waals surface area contributed by atoms with Crippen LogP contribution >= 0.6 is 0 Å². The Kier molecular flexibility index (Phi) is 4.66. The minimum absolute atomic E-state index is 0.0684. The topological polar surface area (TPSA) is 98.1 Å². The molecule has 0 aromatic rings. The molecule has 8 heteroatoms. The highest BCUT2D eigenvalue weighted by Crippen LogP contribution is 2.02. The summed E-state index contributed by atoms with van der Waals surface area (Å²) in [7, 11) is -4.24.